The molecule has 4 rings (SSSR count). The molecule has 3 aromatic rings. The molecule has 3 heteroatoms. The summed E-state index contributed by atoms with van der Waals surface area (Å²) in [6.07, 6.45) is 0.846. The molecule has 0 spiro atoms. The second-order valence-electron chi connectivity index (χ2n) is 9.82. The molecule has 1 aliphatic heterocycles. The second-order valence-corrected chi connectivity index (χ2v) is 9.82. The van der Waals surface area contributed by atoms with Crippen LogP contribution < -0.4 is 4.74 Å². The maximum atomic E-state index is 9.69. The van der Waals surface area contributed by atoms with E-state index in [-0.39, 0.29) is 22.3 Å². The highest BCUT2D eigenvalue weighted by Gasteiger charge is 2.43. The first-order valence-electron chi connectivity index (χ1n) is 10.4. The number of hydrogen-bond acceptors (Lipinski definition) is 3. The number of hydrogen-bond donors (Lipinski definition) is 2. The first-order chi connectivity index (χ1) is 14.0. The van der Waals surface area contributed by atoms with Gasteiger partial charge in [-0.1, -0.05) is 64.1 Å². The van der Waals surface area contributed by atoms with E-state index in [9.17, 15) is 10.2 Å². The molecule has 0 aromatic heterocycles. The third kappa shape index (κ3) is 3.43. The van der Waals surface area contributed by atoms with Crippen LogP contribution in [0.15, 0.2) is 66.7 Å². The molecule has 0 saturated heterocycles. The maximum absolute atomic E-state index is 9.69. The monoisotopic (exact) mass is 402 g/mol. The number of benzene rings is 3. The van der Waals surface area contributed by atoms with Crippen molar-refractivity contribution in [3.63, 3.8) is 0 Å². The van der Waals surface area contributed by atoms with Crippen LogP contribution in [0, 0.1) is 0 Å². The number of ether oxygens (including phenoxy) is 1. The van der Waals surface area contributed by atoms with Gasteiger partial charge in [-0.05, 0) is 64.9 Å². The van der Waals surface area contributed by atoms with Gasteiger partial charge in [-0.15, -0.1) is 0 Å². The minimum absolute atomic E-state index is 0.0541. The maximum Gasteiger partial charge on any atom is 0.132 e. The Morgan fingerprint density at radius 1 is 0.767 bits per heavy atom. The molecule has 1 atom stereocenters. The summed E-state index contributed by atoms with van der Waals surface area (Å²) in [5.74, 6) is 1.44. The topological polar surface area (TPSA) is 49.7 Å². The van der Waals surface area contributed by atoms with Crippen LogP contribution in [-0.4, -0.2) is 10.2 Å². The minimum atomic E-state index is -0.481. The quantitative estimate of drug-likeness (QED) is 0.533. The molecule has 0 fully saturated rings. The van der Waals surface area contributed by atoms with Crippen LogP contribution in [0.4, 0.5) is 0 Å². The van der Waals surface area contributed by atoms with E-state index in [1.807, 2.05) is 24.3 Å². The molecule has 1 aliphatic rings. The van der Waals surface area contributed by atoms with E-state index >= 15 is 0 Å². The molecule has 3 aromatic carbocycles. The number of phenolic OH excluding ortho intramolecular Hbond substituents is 2. The molecule has 0 saturated carbocycles. The predicted molar refractivity (Wildman–Crippen MR) is 120 cm³/mol. The molecular weight excluding hydrogens is 372 g/mol. The lowest BCUT2D eigenvalue weighted by atomic mass is 9.70. The van der Waals surface area contributed by atoms with Crippen LogP contribution in [0.1, 0.15) is 63.3 Å². The van der Waals surface area contributed by atoms with Crippen molar-refractivity contribution in [2.24, 2.45) is 0 Å². The van der Waals surface area contributed by atoms with Crippen molar-refractivity contribution in [1.29, 1.82) is 0 Å². The Morgan fingerprint density at radius 3 is 1.90 bits per heavy atom. The highest BCUT2D eigenvalue weighted by molar-refractivity contribution is 5.50. The minimum Gasteiger partial charge on any atom is -0.508 e. The van der Waals surface area contributed by atoms with Gasteiger partial charge >= 0.3 is 0 Å². The third-order valence-electron chi connectivity index (χ3n) is 6.61. The average molecular weight is 403 g/mol. The standard InChI is InChI=1S/C27H30O3/c1-25(2)17-27(5,19-8-13-22(29)14-9-19)30-24-16-20(10-15-23(24)25)26(3,4)18-6-11-21(28)12-7-18/h6-16,28-29H,17H2,1-5H3. The summed E-state index contributed by atoms with van der Waals surface area (Å²) in [4.78, 5) is 0. The zero-order valence-electron chi connectivity index (χ0n) is 18.4. The summed E-state index contributed by atoms with van der Waals surface area (Å²) >= 11 is 0. The van der Waals surface area contributed by atoms with Gasteiger partial charge in [0.05, 0.1) is 0 Å². The van der Waals surface area contributed by atoms with Crippen LogP contribution in [0.5, 0.6) is 17.2 Å². The molecule has 2 N–H and O–H groups in total. The molecule has 0 aliphatic carbocycles. The van der Waals surface area contributed by atoms with Gasteiger partial charge in [-0.25, -0.2) is 0 Å². The van der Waals surface area contributed by atoms with E-state index in [2.05, 4.69) is 52.8 Å². The van der Waals surface area contributed by atoms with Gasteiger partial charge in [0.1, 0.15) is 22.8 Å². The zero-order chi connectivity index (χ0) is 21.7. The highest BCUT2D eigenvalue weighted by Crippen LogP contribution is 2.50. The van der Waals surface area contributed by atoms with Gasteiger partial charge in [0.2, 0.25) is 0 Å². The van der Waals surface area contributed by atoms with Crippen molar-refractivity contribution in [3.05, 3.63) is 89.0 Å². The van der Waals surface area contributed by atoms with Crippen LogP contribution in [-0.2, 0) is 16.4 Å². The summed E-state index contributed by atoms with van der Waals surface area (Å²) in [5, 5.41) is 19.4. The van der Waals surface area contributed by atoms with Crippen molar-refractivity contribution in [2.45, 2.75) is 57.5 Å². The third-order valence-corrected chi connectivity index (χ3v) is 6.61. The fourth-order valence-corrected chi connectivity index (χ4v) is 4.79. The van der Waals surface area contributed by atoms with Crippen molar-refractivity contribution in [1.82, 2.24) is 0 Å². The molecule has 156 valence electrons. The van der Waals surface area contributed by atoms with E-state index in [0.29, 0.717) is 0 Å². The normalized spacial score (nSPS) is 20.3. The Morgan fingerprint density at radius 2 is 1.30 bits per heavy atom. The van der Waals surface area contributed by atoms with Gasteiger partial charge < -0.3 is 14.9 Å². The highest BCUT2D eigenvalue weighted by atomic mass is 16.5. The Labute approximate surface area is 179 Å². The smallest absolute Gasteiger partial charge is 0.132 e. The van der Waals surface area contributed by atoms with Crippen molar-refractivity contribution < 1.29 is 14.9 Å². The molecule has 1 heterocycles. The predicted octanol–water partition coefficient (Wildman–Crippen LogP) is 6.40. The molecule has 30 heavy (non-hydrogen) atoms. The molecular formula is C27H30O3. The van der Waals surface area contributed by atoms with Crippen molar-refractivity contribution >= 4 is 0 Å². The fourth-order valence-electron chi connectivity index (χ4n) is 4.79. The van der Waals surface area contributed by atoms with E-state index in [1.54, 1.807) is 24.3 Å². The lowest BCUT2D eigenvalue weighted by molar-refractivity contribution is 0.0323. The van der Waals surface area contributed by atoms with E-state index < -0.39 is 5.60 Å². The number of rotatable bonds is 3. The zero-order valence-corrected chi connectivity index (χ0v) is 18.4. The van der Waals surface area contributed by atoms with Gasteiger partial charge in [-0.2, -0.15) is 0 Å². The van der Waals surface area contributed by atoms with Gasteiger partial charge in [-0.3, -0.25) is 0 Å². The van der Waals surface area contributed by atoms with E-state index in [0.717, 1.165) is 28.9 Å². The Balaban J connectivity index is 1.77. The first-order valence-corrected chi connectivity index (χ1v) is 10.4. The van der Waals surface area contributed by atoms with Crippen LogP contribution in [0.25, 0.3) is 0 Å². The Bertz CT molecular complexity index is 1060. The molecule has 0 bridgehead atoms. The molecule has 0 radical (unpaired) electrons. The molecule has 0 amide bonds. The summed E-state index contributed by atoms with van der Waals surface area (Å²) in [7, 11) is 0. The lowest BCUT2D eigenvalue weighted by Crippen LogP contribution is -2.41. The summed E-state index contributed by atoms with van der Waals surface area (Å²) in [6.45, 7) is 11.0. The summed E-state index contributed by atoms with van der Waals surface area (Å²) in [5.41, 5.74) is 3.80. The first kappa shape index (κ1) is 20.3. The van der Waals surface area contributed by atoms with Crippen molar-refractivity contribution in [2.75, 3.05) is 0 Å². The lowest BCUT2D eigenvalue weighted by Gasteiger charge is -2.45. The van der Waals surface area contributed by atoms with Gasteiger partial charge in [0.15, 0.2) is 0 Å². The Hall–Kier alpha value is -2.94. The molecule has 3 nitrogen and oxygen atoms in total. The number of phenols is 2. The SMILES string of the molecule is CC1(C)CC(C)(c2ccc(O)cc2)Oc2cc(C(C)(C)c3ccc(O)cc3)ccc21. The average Bonchev–Trinajstić information content (AvgIpc) is 2.67. The van der Waals surface area contributed by atoms with E-state index in [1.165, 1.54) is 5.56 Å². The van der Waals surface area contributed by atoms with E-state index in [4.69, 9.17) is 4.74 Å². The van der Waals surface area contributed by atoms with Crippen LogP contribution in [0.3, 0.4) is 0 Å². The van der Waals surface area contributed by atoms with Crippen LogP contribution >= 0.6 is 0 Å². The number of aromatic hydroxyl groups is 2. The number of fused-ring (bicyclic) bond motifs is 1. The largest absolute Gasteiger partial charge is 0.508 e. The van der Waals surface area contributed by atoms with Gasteiger partial charge in [0.25, 0.3) is 0 Å². The Kier molecular flexibility index (Phi) is 4.61. The summed E-state index contributed by atoms with van der Waals surface area (Å²) < 4.78 is 6.65. The second kappa shape index (κ2) is 6.80. The summed E-state index contributed by atoms with van der Waals surface area (Å²) in [6, 6.07) is 21.3. The van der Waals surface area contributed by atoms with Crippen molar-refractivity contribution in [3.8, 4) is 17.2 Å². The van der Waals surface area contributed by atoms with Gasteiger partial charge in [0, 0.05) is 11.8 Å². The molecule has 1 unspecified atom stereocenters. The van der Waals surface area contributed by atoms with Crippen LogP contribution in [0.2, 0.25) is 0 Å². The fraction of sp³-hybridized carbons (Fsp3) is 0.333.